The molecule has 1 fully saturated rings. The summed E-state index contributed by atoms with van der Waals surface area (Å²) in [6.45, 7) is 1.94. The number of nitrogens with one attached hydrogen (secondary N) is 2. The molecular weight excluding hydrogens is 364 g/mol. The molecule has 3 aromatic rings. The third kappa shape index (κ3) is 4.54. The summed E-state index contributed by atoms with van der Waals surface area (Å²) in [6, 6.07) is 17.7. The highest BCUT2D eigenvalue weighted by Crippen LogP contribution is 2.20. The van der Waals surface area contributed by atoms with Crippen molar-refractivity contribution in [2.24, 2.45) is 5.92 Å². The Morgan fingerprint density at radius 1 is 1.07 bits per heavy atom. The van der Waals surface area contributed by atoms with Crippen molar-refractivity contribution in [3.63, 3.8) is 0 Å². The molecule has 0 aliphatic carbocycles. The summed E-state index contributed by atoms with van der Waals surface area (Å²) in [5.41, 5.74) is 3.37. The number of carbonyl (C=O) groups excluding carboxylic acids is 2. The normalized spacial score (nSPS) is 16.4. The molecule has 2 amide bonds. The maximum atomic E-state index is 12.5. The van der Waals surface area contributed by atoms with Gasteiger partial charge in [0.05, 0.1) is 12.5 Å². The van der Waals surface area contributed by atoms with Crippen molar-refractivity contribution in [3.05, 3.63) is 78.4 Å². The number of piperidine rings is 1. The number of imidazole rings is 1. The second-order valence-electron chi connectivity index (χ2n) is 7.38. The highest BCUT2D eigenvalue weighted by atomic mass is 16.2. The topological polar surface area (TPSA) is 78.1 Å². The molecule has 0 saturated carbocycles. The number of rotatable bonds is 5. The summed E-state index contributed by atoms with van der Waals surface area (Å²) in [7, 11) is 0. The number of hydrogen-bond acceptors (Lipinski definition) is 3. The molecule has 1 aliphatic rings. The zero-order valence-corrected chi connectivity index (χ0v) is 16.2. The van der Waals surface area contributed by atoms with Crippen molar-refractivity contribution < 1.29 is 9.59 Å². The Hall–Kier alpha value is -3.41. The van der Waals surface area contributed by atoms with Gasteiger partial charge < -0.3 is 15.2 Å². The van der Waals surface area contributed by atoms with E-state index in [0.717, 1.165) is 30.5 Å². The summed E-state index contributed by atoms with van der Waals surface area (Å²) < 4.78 is 0. The zero-order chi connectivity index (χ0) is 20.1. The van der Waals surface area contributed by atoms with Gasteiger partial charge in [-0.1, -0.05) is 42.5 Å². The van der Waals surface area contributed by atoms with E-state index < -0.39 is 0 Å². The molecule has 4 rings (SSSR count). The van der Waals surface area contributed by atoms with Crippen LogP contribution in [0.15, 0.2) is 67.1 Å². The number of carbonyl (C=O) groups is 2. The molecular formula is C23H24N4O2. The van der Waals surface area contributed by atoms with Gasteiger partial charge in [-0.3, -0.25) is 9.59 Å². The minimum Gasteiger partial charge on any atom is -0.352 e. The number of aromatic amines is 1. The Kier molecular flexibility index (Phi) is 5.70. The Bertz CT molecular complexity index is 952. The SMILES string of the molecule is O=C(NCC1CCCN(C(=O)c2cnc[nH]2)C1)c1ccc(-c2ccccc2)cc1. The first kappa shape index (κ1) is 18.9. The van der Waals surface area contributed by atoms with Crippen molar-refractivity contribution >= 4 is 11.8 Å². The fraction of sp³-hybridized carbons (Fsp3) is 0.261. The van der Waals surface area contributed by atoms with Gasteiger partial charge in [0, 0.05) is 25.2 Å². The summed E-state index contributed by atoms with van der Waals surface area (Å²) in [5.74, 6) is 0.139. The van der Waals surface area contributed by atoms with E-state index in [2.05, 4.69) is 27.4 Å². The van der Waals surface area contributed by atoms with Crippen molar-refractivity contribution in [3.8, 4) is 11.1 Å². The van der Waals surface area contributed by atoms with Crippen LogP contribution in [-0.4, -0.2) is 46.3 Å². The quantitative estimate of drug-likeness (QED) is 0.704. The van der Waals surface area contributed by atoms with Crippen LogP contribution in [0, 0.1) is 5.92 Å². The Balaban J connectivity index is 1.31. The molecule has 1 atom stereocenters. The molecule has 0 spiro atoms. The Morgan fingerprint density at radius 2 is 1.83 bits per heavy atom. The van der Waals surface area contributed by atoms with Crippen LogP contribution in [0.3, 0.4) is 0 Å². The van der Waals surface area contributed by atoms with Crippen LogP contribution in [0.25, 0.3) is 11.1 Å². The van der Waals surface area contributed by atoms with Gasteiger partial charge in [0.1, 0.15) is 5.69 Å². The summed E-state index contributed by atoms with van der Waals surface area (Å²) >= 11 is 0. The van der Waals surface area contributed by atoms with Gasteiger partial charge in [0.15, 0.2) is 0 Å². The highest BCUT2D eigenvalue weighted by Gasteiger charge is 2.25. The van der Waals surface area contributed by atoms with Gasteiger partial charge in [-0.05, 0) is 42.0 Å². The fourth-order valence-corrected chi connectivity index (χ4v) is 3.74. The van der Waals surface area contributed by atoms with Gasteiger partial charge in [-0.2, -0.15) is 0 Å². The van der Waals surface area contributed by atoms with Crippen molar-refractivity contribution in [2.75, 3.05) is 19.6 Å². The first-order valence-electron chi connectivity index (χ1n) is 9.92. The molecule has 1 aromatic heterocycles. The van der Waals surface area contributed by atoms with Crippen LogP contribution < -0.4 is 5.32 Å². The number of hydrogen-bond donors (Lipinski definition) is 2. The first-order chi connectivity index (χ1) is 14.2. The van der Waals surface area contributed by atoms with Crippen molar-refractivity contribution in [1.82, 2.24) is 20.2 Å². The van der Waals surface area contributed by atoms with Gasteiger partial charge in [0.25, 0.3) is 11.8 Å². The summed E-state index contributed by atoms with van der Waals surface area (Å²) in [6.07, 6.45) is 5.00. The smallest absolute Gasteiger partial charge is 0.271 e. The molecule has 1 aliphatic heterocycles. The van der Waals surface area contributed by atoms with E-state index in [1.807, 2.05) is 47.4 Å². The highest BCUT2D eigenvalue weighted by molar-refractivity contribution is 5.94. The van der Waals surface area contributed by atoms with Crippen LogP contribution in [0.2, 0.25) is 0 Å². The van der Waals surface area contributed by atoms with E-state index >= 15 is 0 Å². The molecule has 2 heterocycles. The van der Waals surface area contributed by atoms with Gasteiger partial charge in [-0.25, -0.2) is 4.98 Å². The zero-order valence-electron chi connectivity index (χ0n) is 16.2. The maximum absolute atomic E-state index is 12.5. The van der Waals surface area contributed by atoms with Crippen molar-refractivity contribution in [2.45, 2.75) is 12.8 Å². The predicted molar refractivity (Wildman–Crippen MR) is 111 cm³/mol. The number of likely N-dealkylation sites (tertiary alicyclic amines) is 1. The number of benzene rings is 2. The molecule has 2 aromatic carbocycles. The van der Waals surface area contributed by atoms with E-state index in [1.165, 1.54) is 6.33 Å². The van der Waals surface area contributed by atoms with Gasteiger partial charge >= 0.3 is 0 Å². The first-order valence-corrected chi connectivity index (χ1v) is 9.92. The second-order valence-corrected chi connectivity index (χ2v) is 7.38. The summed E-state index contributed by atoms with van der Waals surface area (Å²) in [4.78, 5) is 33.6. The summed E-state index contributed by atoms with van der Waals surface area (Å²) in [5, 5.41) is 3.03. The third-order valence-corrected chi connectivity index (χ3v) is 5.34. The minimum absolute atomic E-state index is 0.0324. The molecule has 0 bridgehead atoms. The molecule has 148 valence electrons. The lowest BCUT2D eigenvalue weighted by Crippen LogP contribution is -2.43. The lowest BCUT2D eigenvalue weighted by Gasteiger charge is -2.32. The largest absolute Gasteiger partial charge is 0.352 e. The molecule has 1 unspecified atom stereocenters. The average molecular weight is 388 g/mol. The number of H-pyrrole nitrogens is 1. The van der Waals surface area contributed by atoms with Gasteiger partial charge in [-0.15, -0.1) is 0 Å². The number of amides is 2. The lowest BCUT2D eigenvalue weighted by molar-refractivity contribution is 0.0665. The van der Waals surface area contributed by atoms with E-state index in [1.54, 1.807) is 6.20 Å². The fourth-order valence-electron chi connectivity index (χ4n) is 3.74. The Labute approximate surface area is 170 Å². The van der Waals surface area contributed by atoms with E-state index in [4.69, 9.17) is 0 Å². The van der Waals surface area contributed by atoms with Crippen LogP contribution in [-0.2, 0) is 0 Å². The van der Waals surface area contributed by atoms with Crippen LogP contribution in [0.4, 0.5) is 0 Å². The van der Waals surface area contributed by atoms with Crippen LogP contribution >= 0.6 is 0 Å². The number of aromatic nitrogens is 2. The molecule has 2 N–H and O–H groups in total. The monoisotopic (exact) mass is 388 g/mol. The molecule has 0 radical (unpaired) electrons. The van der Waals surface area contributed by atoms with Crippen LogP contribution in [0.5, 0.6) is 0 Å². The van der Waals surface area contributed by atoms with E-state index in [9.17, 15) is 9.59 Å². The molecule has 6 heteroatoms. The van der Waals surface area contributed by atoms with Gasteiger partial charge in [0.2, 0.25) is 0 Å². The van der Waals surface area contributed by atoms with E-state index in [0.29, 0.717) is 24.3 Å². The second kappa shape index (κ2) is 8.73. The van der Waals surface area contributed by atoms with Crippen LogP contribution in [0.1, 0.15) is 33.7 Å². The molecule has 6 nitrogen and oxygen atoms in total. The Morgan fingerprint density at radius 3 is 2.55 bits per heavy atom. The standard InChI is InChI=1S/C23H24N4O2/c28-22(20-10-8-19(9-11-20)18-6-2-1-3-7-18)25-13-17-5-4-12-27(15-17)23(29)21-14-24-16-26-21/h1-3,6-11,14,16-17H,4-5,12-13,15H2,(H,24,26)(H,25,28). The van der Waals surface area contributed by atoms with Crippen molar-refractivity contribution in [1.29, 1.82) is 0 Å². The predicted octanol–water partition coefficient (Wildman–Crippen LogP) is 3.36. The third-order valence-electron chi connectivity index (χ3n) is 5.34. The number of nitrogens with zero attached hydrogens (tertiary/aromatic N) is 2. The van der Waals surface area contributed by atoms with E-state index in [-0.39, 0.29) is 17.7 Å². The lowest BCUT2D eigenvalue weighted by atomic mass is 9.97. The average Bonchev–Trinajstić information content (AvgIpc) is 3.33. The molecule has 29 heavy (non-hydrogen) atoms. The minimum atomic E-state index is -0.0818. The maximum Gasteiger partial charge on any atom is 0.271 e. The molecule has 1 saturated heterocycles.